The molecule has 0 aliphatic carbocycles. The van der Waals surface area contributed by atoms with Crippen LogP contribution in [-0.2, 0) is 16.0 Å². The number of unbranched alkanes of at least 4 members (excludes halogenated alkanes) is 1. The maximum Gasteiger partial charge on any atom is 0.244 e. The first-order chi connectivity index (χ1) is 10.9. The van der Waals surface area contributed by atoms with Gasteiger partial charge < -0.3 is 9.47 Å². The average Bonchev–Trinajstić information content (AvgIpc) is 2.55. The first-order valence-corrected chi connectivity index (χ1v) is 8.65. The molecule has 0 N–H and O–H groups in total. The molecule has 0 aliphatic heterocycles. The van der Waals surface area contributed by atoms with Crippen LogP contribution in [0.3, 0.4) is 0 Å². The van der Waals surface area contributed by atoms with E-state index in [-0.39, 0.29) is 11.8 Å². The Kier molecular flexibility index (Phi) is 7.86. The van der Waals surface area contributed by atoms with Crippen molar-refractivity contribution in [2.24, 2.45) is 0 Å². The van der Waals surface area contributed by atoms with Crippen LogP contribution in [0, 0.1) is 0 Å². The van der Waals surface area contributed by atoms with E-state index in [2.05, 4.69) is 13.8 Å². The molecule has 1 aromatic rings. The van der Waals surface area contributed by atoms with E-state index < -0.39 is 5.72 Å². The molecule has 1 rings (SSSR count). The number of carbonyl (C=O) groups is 1. The van der Waals surface area contributed by atoms with Crippen LogP contribution in [0.1, 0.15) is 46.1 Å². The highest BCUT2D eigenvalue weighted by atomic mass is 35.5. The van der Waals surface area contributed by atoms with Gasteiger partial charge in [0, 0.05) is 7.11 Å². The third-order valence-corrected chi connectivity index (χ3v) is 4.07. The van der Waals surface area contributed by atoms with Crippen molar-refractivity contribution in [3.8, 4) is 5.75 Å². The molecular weight excluding hydrogens is 314 g/mol. The summed E-state index contributed by atoms with van der Waals surface area (Å²) in [7, 11) is 1.58. The molecule has 0 saturated heterocycles. The summed E-state index contributed by atoms with van der Waals surface area (Å²) >= 11 is 5.85. The maximum absolute atomic E-state index is 12.5. The third kappa shape index (κ3) is 4.85. The van der Waals surface area contributed by atoms with Gasteiger partial charge in [-0.3, -0.25) is 9.69 Å². The van der Waals surface area contributed by atoms with Crippen LogP contribution >= 0.6 is 11.6 Å². The SMILES string of the molecule is CCCCOc1cccc(CC)c1N(C(=O)CCl)C(C)(C)OC. The lowest BCUT2D eigenvalue weighted by atomic mass is 10.1. The number of anilines is 1. The first-order valence-electron chi connectivity index (χ1n) is 8.11. The number of amides is 1. The number of benzene rings is 1. The molecule has 1 amide bonds. The zero-order valence-corrected chi connectivity index (χ0v) is 15.6. The summed E-state index contributed by atoms with van der Waals surface area (Å²) in [5, 5.41) is 0. The molecule has 0 aromatic heterocycles. The summed E-state index contributed by atoms with van der Waals surface area (Å²) in [4.78, 5) is 14.1. The second-order valence-electron chi connectivity index (χ2n) is 5.83. The predicted molar refractivity (Wildman–Crippen MR) is 95.5 cm³/mol. The van der Waals surface area contributed by atoms with Gasteiger partial charge in [0.2, 0.25) is 5.91 Å². The van der Waals surface area contributed by atoms with Gasteiger partial charge >= 0.3 is 0 Å². The average molecular weight is 342 g/mol. The lowest BCUT2D eigenvalue weighted by Crippen LogP contribution is -2.50. The molecule has 130 valence electrons. The number of rotatable bonds is 9. The summed E-state index contributed by atoms with van der Waals surface area (Å²) in [6, 6.07) is 5.85. The van der Waals surface area contributed by atoms with E-state index in [1.807, 2.05) is 32.0 Å². The first kappa shape index (κ1) is 19.8. The standard InChI is InChI=1S/C18H28ClNO3/c1-6-8-12-23-15-11-9-10-14(7-2)17(15)20(16(21)13-19)18(3,4)22-5/h9-11H,6-8,12-13H2,1-5H3. The summed E-state index contributed by atoms with van der Waals surface area (Å²) in [5.74, 6) is 0.375. The number of carbonyl (C=O) groups excluding carboxylic acids is 1. The molecule has 0 bridgehead atoms. The zero-order valence-electron chi connectivity index (χ0n) is 14.8. The van der Waals surface area contributed by atoms with Crippen LogP contribution in [-0.4, -0.2) is 31.2 Å². The monoisotopic (exact) mass is 341 g/mol. The van der Waals surface area contributed by atoms with Gasteiger partial charge in [0.05, 0.1) is 12.3 Å². The second-order valence-corrected chi connectivity index (χ2v) is 6.10. The lowest BCUT2D eigenvalue weighted by molar-refractivity contribution is -0.121. The number of hydrogen-bond donors (Lipinski definition) is 0. The molecule has 0 fully saturated rings. The Labute approximate surface area is 144 Å². The number of methoxy groups -OCH3 is 1. The fourth-order valence-corrected chi connectivity index (χ4v) is 2.51. The Morgan fingerprint density at radius 3 is 2.52 bits per heavy atom. The number of alkyl halides is 1. The van der Waals surface area contributed by atoms with Crippen molar-refractivity contribution in [1.29, 1.82) is 0 Å². The van der Waals surface area contributed by atoms with Gasteiger partial charge in [0.25, 0.3) is 0 Å². The van der Waals surface area contributed by atoms with E-state index in [1.165, 1.54) is 0 Å². The van der Waals surface area contributed by atoms with Gasteiger partial charge in [0.1, 0.15) is 17.4 Å². The van der Waals surface area contributed by atoms with E-state index in [0.29, 0.717) is 12.4 Å². The quantitative estimate of drug-likeness (QED) is 0.380. The van der Waals surface area contributed by atoms with Crippen LogP contribution in [0.5, 0.6) is 5.75 Å². The summed E-state index contributed by atoms with van der Waals surface area (Å²) in [6.07, 6.45) is 2.80. The van der Waals surface area contributed by atoms with Gasteiger partial charge in [-0.2, -0.15) is 0 Å². The molecule has 0 spiro atoms. The molecule has 0 radical (unpaired) electrons. The van der Waals surface area contributed by atoms with Crippen molar-refractivity contribution in [1.82, 2.24) is 0 Å². The molecule has 0 aliphatic rings. The Hall–Kier alpha value is -1.26. The van der Waals surface area contributed by atoms with Crippen LogP contribution in [0.25, 0.3) is 0 Å². The van der Waals surface area contributed by atoms with Crippen molar-refractivity contribution in [3.05, 3.63) is 23.8 Å². The van der Waals surface area contributed by atoms with E-state index >= 15 is 0 Å². The summed E-state index contributed by atoms with van der Waals surface area (Å²) in [6.45, 7) is 8.48. The highest BCUT2D eigenvalue weighted by Gasteiger charge is 2.35. The van der Waals surface area contributed by atoms with Crippen molar-refractivity contribution < 1.29 is 14.3 Å². The normalized spacial score (nSPS) is 11.4. The van der Waals surface area contributed by atoms with Gasteiger partial charge in [-0.25, -0.2) is 0 Å². The number of nitrogens with zero attached hydrogens (tertiary/aromatic N) is 1. The Balaban J connectivity index is 3.40. The van der Waals surface area contributed by atoms with Gasteiger partial charge in [-0.15, -0.1) is 11.6 Å². The molecular formula is C18H28ClNO3. The number of halogens is 1. The van der Waals surface area contributed by atoms with Crippen LogP contribution in [0.2, 0.25) is 0 Å². The topological polar surface area (TPSA) is 38.8 Å². The van der Waals surface area contributed by atoms with Crippen molar-refractivity contribution in [3.63, 3.8) is 0 Å². The highest BCUT2D eigenvalue weighted by molar-refractivity contribution is 6.29. The molecule has 5 heteroatoms. The fourth-order valence-electron chi connectivity index (χ4n) is 2.40. The Morgan fingerprint density at radius 2 is 2.00 bits per heavy atom. The van der Waals surface area contributed by atoms with Gasteiger partial charge in [-0.05, 0) is 38.3 Å². The summed E-state index contributed by atoms with van der Waals surface area (Å²) in [5.41, 5.74) is 0.964. The molecule has 0 heterocycles. The Bertz CT molecular complexity index is 517. The van der Waals surface area contributed by atoms with Crippen LogP contribution < -0.4 is 9.64 Å². The zero-order chi connectivity index (χ0) is 17.5. The summed E-state index contributed by atoms with van der Waals surface area (Å²) < 4.78 is 11.5. The van der Waals surface area contributed by atoms with Gasteiger partial charge in [-0.1, -0.05) is 32.4 Å². The van der Waals surface area contributed by atoms with E-state index in [1.54, 1.807) is 12.0 Å². The number of hydrogen-bond acceptors (Lipinski definition) is 3. The largest absolute Gasteiger partial charge is 0.491 e. The highest BCUT2D eigenvalue weighted by Crippen LogP contribution is 2.37. The number of ether oxygens (including phenoxy) is 2. The predicted octanol–water partition coefficient (Wildman–Crippen LogP) is 4.38. The van der Waals surface area contributed by atoms with E-state index in [0.717, 1.165) is 30.5 Å². The smallest absolute Gasteiger partial charge is 0.244 e. The van der Waals surface area contributed by atoms with Crippen LogP contribution in [0.4, 0.5) is 5.69 Å². The minimum Gasteiger partial charge on any atom is -0.491 e. The number of aryl methyl sites for hydroxylation is 1. The van der Waals surface area contributed by atoms with Gasteiger partial charge in [0.15, 0.2) is 0 Å². The molecule has 0 atom stereocenters. The molecule has 0 saturated carbocycles. The minimum atomic E-state index is -0.819. The van der Waals surface area contributed by atoms with Crippen LogP contribution in [0.15, 0.2) is 18.2 Å². The van der Waals surface area contributed by atoms with E-state index in [9.17, 15) is 4.79 Å². The van der Waals surface area contributed by atoms with E-state index in [4.69, 9.17) is 21.1 Å². The molecule has 1 aromatic carbocycles. The lowest BCUT2D eigenvalue weighted by Gasteiger charge is -2.38. The number of para-hydroxylation sites is 1. The maximum atomic E-state index is 12.5. The van der Waals surface area contributed by atoms with Crippen molar-refractivity contribution in [2.45, 2.75) is 52.7 Å². The third-order valence-electron chi connectivity index (χ3n) is 3.84. The molecule has 0 unspecified atom stereocenters. The second kappa shape index (κ2) is 9.14. The van der Waals surface area contributed by atoms with Crippen molar-refractivity contribution >= 4 is 23.2 Å². The molecule has 23 heavy (non-hydrogen) atoms. The van der Waals surface area contributed by atoms with Crippen molar-refractivity contribution in [2.75, 3.05) is 24.5 Å². The minimum absolute atomic E-state index is 0.112. The fraction of sp³-hybridized carbons (Fsp3) is 0.611. The molecule has 4 nitrogen and oxygen atoms in total. The Morgan fingerprint density at radius 1 is 1.30 bits per heavy atom.